The normalized spacial score (nSPS) is 20.4. The fourth-order valence-electron chi connectivity index (χ4n) is 1.51. The molecule has 0 saturated heterocycles. The van der Waals surface area contributed by atoms with Gasteiger partial charge in [-0.2, -0.15) is 0 Å². The van der Waals surface area contributed by atoms with Gasteiger partial charge in [-0.3, -0.25) is 0 Å². The van der Waals surface area contributed by atoms with Crippen molar-refractivity contribution in [2.75, 3.05) is 23.1 Å². The van der Waals surface area contributed by atoms with Crippen LogP contribution in [-0.2, 0) is 19.9 Å². The Morgan fingerprint density at radius 1 is 1.19 bits per heavy atom. The van der Waals surface area contributed by atoms with Crippen LogP contribution in [0, 0.1) is 0 Å². The highest BCUT2D eigenvalue weighted by Crippen LogP contribution is 2.34. The lowest BCUT2D eigenvalue weighted by Crippen LogP contribution is -2.55. The van der Waals surface area contributed by atoms with Gasteiger partial charge in [0.2, 0.25) is 10.0 Å². The molecule has 1 N–H and O–H groups in total. The van der Waals surface area contributed by atoms with Crippen LogP contribution in [0.1, 0.15) is 19.3 Å². The van der Waals surface area contributed by atoms with Gasteiger partial charge in [0.1, 0.15) is 9.84 Å². The van der Waals surface area contributed by atoms with E-state index in [1.54, 1.807) is 0 Å². The van der Waals surface area contributed by atoms with Crippen molar-refractivity contribution in [3.63, 3.8) is 0 Å². The number of hydrogen-bond donors (Lipinski definition) is 1. The summed E-state index contributed by atoms with van der Waals surface area (Å²) in [6.45, 7) is 0. The number of alkyl halides is 1. The summed E-state index contributed by atoms with van der Waals surface area (Å²) in [5.74, 6) is -0.693. The molecule has 0 amide bonds. The summed E-state index contributed by atoms with van der Waals surface area (Å²) in [7, 11) is -6.74. The van der Waals surface area contributed by atoms with Crippen LogP contribution in [0.5, 0.6) is 0 Å². The molecular formula is C8H16BrNO4S2. The summed E-state index contributed by atoms with van der Waals surface area (Å²) in [6, 6.07) is 0. The summed E-state index contributed by atoms with van der Waals surface area (Å²) < 4.78 is 47.7. The molecule has 0 aromatic heterocycles. The van der Waals surface area contributed by atoms with Crippen molar-refractivity contribution >= 4 is 35.8 Å². The SMILES string of the molecule is CS(=O)(=O)CCS(=O)(=O)NC1(CBr)CCC1. The van der Waals surface area contributed by atoms with Crippen molar-refractivity contribution in [2.24, 2.45) is 0 Å². The van der Waals surface area contributed by atoms with E-state index in [-0.39, 0.29) is 11.5 Å². The van der Waals surface area contributed by atoms with Crippen molar-refractivity contribution in [3.05, 3.63) is 0 Å². The highest BCUT2D eigenvalue weighted by Gasteiger charge is 2.39. The van der Waals surface area contributed by atoms with Crippen LogP contribution in [0.2, 0.25) is 0 Å². The molecule has 0 aromatic rings. The van der Waals surface area contributed by atoms with E-state index >= 15 is 0 Å². The molecule has 0 aromatic carbocycles. The Bertz CT molecular complexity index is 433. The zero-order valence-electron chi connectivity index (χ0n) is 9.07. The van der Waals surface area contributed by atoms with Crippen molar-refractivity contribution in [1.29, 1.82) is 0 Å². The molecule has 0 heterocycles. The molecule has 1 aliphatic rings. The van der Waals surface area contributed by atoms with Gasteiger partial charge in [0.25, 0.3) is 0 Å². The third-order valence-electron chi connectivity index (χ3n) is 2.66. The first-order valence-electron chi connectivity index (χ1n) is 4.93. The van der Waals surface area contributed by atoms with Gasteiger partial charge in [-0.15, -0.1) is 0 Å². The molecule has 8 heteroatoms. The van der Waals surface area contributed by atoms with Gasteiger partial charge in [-0.1, -0.05) is 15.9 Å². The number of sulfonamides is 1. The van der Waals surface area contributed by atoms with E-state index in [9.17, 15) is 16.8 Å². The molecule has 0 radical (unpaired) electrons. The monoisotopic (exact) mass is 333 g/mol. The van der Waals surface area contributed by atoms with Gasteiger partial charge in [-0.25, -0.2) is 21.6 Å². The molecule has 96 valence electrons. The van der Waals surface area contributed by atoms with Crippen LogP contribution in [0.25, 0.3) is 0 Å². The second-order valence-electron chi connectivity index (χ2n) is 4.32. The molecule has 0 spiro atoms. The Balaban J connectivity index is 2.58. The highest BCUT2D eigenvalue weighted by molar-refractivity contribution is 9.09. The fourth-order valence-corrected chi connectivity index (χ4v) is 5.52. The topological polar surface area (TPSA) is 80.3 Å². The smallest absolute Gasteiger partial charge is 0.213 e. The molecule has 0 bridgehead atoms. The molecule has 16 heavy (non-hydrogen) atoms. The first kappa shape index (κ1) is 14.4. The third-order valence-corrected chi connectivity index (χ3v) is 6.42. The van der Waals surface area contributed by atoms with E-state index < -0.39 is 25.4 Å². The molecule has 1 fully saturated rings. The molecule has 0 aliphatic heterocycles. The fraction of sp³-hybridized carbons (Fsp3) is 1.00. The van der Waals surface area contributed by atoms with E-state index in [4.69, 9.17) is 0 Å². The van der Waals surface area contributed by atoms with Crippen LogP contribution in [0.3, 0.4) is 0 Å². The van der Waals surface area contributed by atoms with Gasteiger partial charge in [0.15, 0.2) is 0 Å². The molecule has 1 saturated carbocycles. The Labute approximate surface area is 105 Å². The molecular weight excluding hydrogens is 318 g/mol. The number of nitrogens with one attached hydrogen (secondary N) is 1. The molecule has 1 rings (SSSR count). The van der Waals surface area contributed by atoms with E-state index in [0.717, 1.165) is 25.5 Å². The molecule has 0 unspecified atom stereocenters. The maximum Gasteiger partial charge on any atom is 0.213 e. The van der Waals surface area contributed by atoms with Gasteiger partial charge in [0, 0.05) is 17.1 Å². The van der Waals surface area contributed by atoms with Crippen LogP contribution in [-0.4, -0.2) is 45.5 Å². The van der Waals surface area contributed by atoms with E-state index in [1.165, 1.54) is 0 Å². The van der Waals surface area contributed by atoms with E-state index in [0.29, 0.717) is 5.33 Å². The van der Waals surface area contributed by atoms with Crippen molar-refractivity contribution in [1.82, 2.24) is 4.72 Å². The van der Waals surface area contributed by atoms with Crippen LogP contribution in [0.4, 0.5) is 0 Å². The zero-order chi connectivity index (χ0) is 12.4. The number of sulfone groups is 1. The van der Waals surface area contributed by atoms with Gasteiger partial charge >= 0.3 is 0 Å². The molecule has 5 nitrogen and oxygen atoms in total. The van der Waals surface area contributed by atoms with Crippen LogP contribution < -0.4 is 4.72 Å². The number of rotatable bonds is 6. The lowest BCUT2D eigenvalue weighted by atomic mass is 9.80. The average molecular weight is 334 g/mol. The lowest BCUT2D eigenvalue weighted by Gasteiger charge is -2.40. The summed E-state index contributed by atoms with van der Waals surface area (Å²) in [5.41, 5.74) is -0.393. The summed E-state index contributed by atoms with van der Waals surface area (Å²) in [6.07, 6.45) is 3.64. The van der Waals surface area contributed by atoms with E-state index in [2.05, 4.69) is 20.7 Å². The number of halogens is 1. The predicted molar refractivity (Wildman–Crippen MR) is 67.0 cm³/mol. The van der Waals surface area contributed by atoms with Crippen molar-refractivity contribution in [2.45, 2.75) is 24.8 Å². The molecule has 1 aliphatic carbocycles. The van der Waals surface area contributed by atoms with Crippen molar-refractivity contribution < 1.29 is 16.8 Å². The van der Waals surface area contributed by atoms with Crippen molar-refractivity contribution in [3.8, 4) is 0 Å². The maximum absolute atomic E-state index is 11.6. The first-order valence-corrected chi connectivity index (χ1v) is 9.77. The summed E-state index contributed by atoms with van der Waals surface area (Å²) in [5, 5.41) is 0.568. The third kappa shape index (κ3) is 4.31. The minimum Gasteiger partial charge on any atom is -0.229 e. The zero-order valence-corrected chi connectivity index (χ0v) is 12.3. The van der Waals surface area contributed by atoms with E-state index in [1.807, 2.05) is 0 Å². The minimum atomic E-state index is -3.50. The lowest BCUT2D eigenvalue weighted by molar-refractivity contribution is 0.256. The average Bonchev–Trinajstić information content (AvgIpc) is 2.08. The van der Waals surface area contributed by atoms with Gasteiger partial charge in [-0.05, 0) is 19.3 Å². The Hall–Kier alpha value is 0.340. The predicted octanol–water partition coefficient (Wildman–Crippen LogP) is 0.268. The highest BCUT2D eigenvalue weighted by atomic mass is 79.9. The second kappa shape index (κ2) is 4.91. The molecule has 0 atom stereocenters. The Morgan fingerprint density at radius 3 is 2.06 bits per heavy atom. The van der Waals surface area contributed by atoms with Gasteiger partial charge < -0.3 is 0 Å². The largest absolute Gasteiger partial charge is 0.229 e. The van der Waals surface area contributed by atoms with Crippen LogP contribution in [0.15, 0.2) is 0 Å². The Kier molecular flexibility index (Phi) is 4.42. The Morgan fingerprint density at radius 2 is 1.75 bits per heavy atom. The standard InChI is InChI=1S/C8H16BrNO4S2/c1-15(11,12)5-6-16(13,14)10-8(7-9)3-2-4-8/h10H,2-7H2,1H3. The van der Waals surface area contributed by atoms with Gasteiger partial charge in [0.05, 0.1) is 11.5 Å². The summed E-state index contributed by atoms with van der Waals surface area (Å²) >= 11 is 3.28. The quantitative estimate of drug-likeness (QED) is 0.707. The van der Waals surface area contributed by atoms with Crippen LogP contribution >= 0.6 is 15.9 Å². The minimum absolute atomic E-state index is 0.333. The number of hydrogen-bond acceptors (Lipinski definition) is 4. The maximum atomic E-state index is 11.6. The summed E-state index contributed by atoms with van der Waals surface area (Å²) in [4.78, 5) is 0. The first-order chi connectivity index (χ1) is 7.18. The second-order valence-corrected chi connectivity index (χ2v) is 8.98.